The molecule has 7 heteroatoms. The number of nitrogens with zero attached hydrogens (tertiary/aromatic N) is 2. The number of carbonyl (C=O) groups excluding carboxylic acids is 1. The molecule has 0 radical (unpaired) electrons. The molecule has 0 aliphatic rings. The Morgan fingerprint density at radius 2 is 2.12 bits per heavy atom. The Labute approximate surface area is 98.0 Å². The van der Waals surface area contributed by atoms with Crippen LogP contribution in [0.5, 0.6) is 0 Å². The zero-order valence-corrected chi connectivity index (χ0v) is 9.05. The second-order valence-corrected chi connectivity index (χ2v) is 3.84. The van der Waals surface area contributed by atoms with Gasteiger partial charge in [0.15, 0.2) is 0 Å². The predicted octanol–water partition coefficient (Wildman–Crippen LogP) is 2.79. The molecule has 17 heavy (non-hydrogen) atoms. The van der Waals surface area contributed by atoms with E-state index in [1.165, 1.54) is 10.9 Å². The average Bonchev–Trinajstić information content (AvgIpc) is 2.80. The van der Waals surface area contributed by atoms with Crippen LogP contribution in [0.3, 0.4) is 0 Å². The number of hydrogen-bond acceptors (Lipinski definition) is 4. The van der Waals surface area contributed by atoms with E-state index in [0.717, 1.165) is 29.8 Å². The lowest BCUT2D eigenvalue weighted by Crippen LogP contribution is -2.14. The molecular weight excluding hydrogens is 253 g/mol. The lowest BCUT2D eigenvalue weighted by atomic mass is 10.0. The van der Waals surface area contributed by atoms with Crippen LogP contribution in [0, 0.1) is 0 Å². The van der Waals surface area contributed by atoms with Gasteiger partial charge >= 0.3 is 6.18 Å². The van der Waals surface area contributed by atoms with Gasteiger partial charge in [0.1, 0.15) is 5.69 Å². The number of rotatable bonds is 2. The third-order valence-corrected chi connectivity index (χ3v) is 2.62. The number of thiazole rings is 1. The van der Waals surface area contributed by atoms with Crippen LogP contribution in [0.25, 0.3) is 0 Å². The van der Waals surface area contributed by atoms with Crippen LogP contribution < -0.4 is 0 Å². The zero-order chi connectivity index (χ0) is 12.5. The fourth-order valence-electron chi connectivity index (χ4n) is 1.29. The summed E-state index contributed by atoms with van der Waals surface area (Å²) in [6, 6.07) is 0.777. The van der Waals surface area contributed by atoms with Gasteiger partial charge in [-0.2, -0.15) is 13.2 Å². The summed E-state index contributed by atoms with van der Waals surface area (Å²) in [7, 11) is 0. The van der Waals surface area contributed by atoms with Gasteiger partial charge in [-0.15, -0.1) is 11.3 Å². The minimum atomic E-state index is -4.58. The summed E-state index contributed by atoms with van der Waals surface area (Å²) in [6.07, 6.45) is -2.67. The zero-order valence-electron chi connectivity index (χ0n) is 8.23. The molecule has 2 heterocycles. The maximum Gasteiger partial charge on any atom is 0.417 e. The van der Waals surface area contributed by atoms with Gasteiger partial charge in [-0.25, -0.2) is 4.98 Å². The van der Waals surface area contributed by atoms with Crippen molar-refractivity contribution in [2.75, 3.05) is 0 Å². The molecule has 2 aromatic rings. The molecule has 0 N–H and O–H groups in total. The smallest absolute Gasteiger partial charge is 0.287 e. The number of carbonyl (C=O) groups is 1. The third-order valence-electron chi connectivity index (χ3n) is 2.04. The summed E-state index contributed by atoms with van der Waals surface area (Å²) in [4.78, 5) is 19.0. The fourth-order valence-corrected chi connectivity index (χ4v) is 1.82. The molecule has 2 rings (SSSR count). The van der Waals surface area contributed by atoms with E-state index in [-0.39, 0.29) is 5.69 Å². The minimum absolute atomic E-state index is 0.00602. The number of aromatic nitrogens is 2. The number of pyridine rings is 1. The molecule has 0 saturated heterocycles. The van der Waals surface area contributed by atoms with Crippen LogP contribution in [-0.4, -0.2) is 15.8 Å². The maximum absolute atomic E-state index is 12.7. The van der Waals surface area contributed by atoms with E-state index in [1.807, 2.05) is 0 Å². The van der Waals surface area contributed by atoms with E-state index >= 15 is 0 Å². The molecule has 0 amide bonds. The van der Waals surface area contributed by atoms with Crippen molar-refractivity contribution in [3.63, 3.8) is 0 Å². The van der Waals surface area contributed by atoms with Crippen molar-refractivity contribution in [3.05, 3.63) is 46.2 Å². The second-order valence-electron chi connectivity index (χ2n) is 3.12. The predicted molar refractivity (Wildman–Crippen MR) is 54.8 cm³/mol. The molecule has 0 bridgehead atoms. The molecule has 0 spiro atoms. The normalized spacial score (nSPS) is 11.5. The highest BCUT2D eigenvalue weighted by molar-refractivity contribution is 7.07. The van der Waals surface area contributed by atoms with Crippen molar-refractivity contribution in [2.24, 2.45) is 0 Å². The van der Waals surface area contributed by atoms with Crippen molar-refractivity contribution in [2.45, 2.75) is 6.18 Å². The van der Waals surface area contributed by atoms with Gasteiger partial charge in [0, 0.05) is 17.8 Å². The molecule has 0 aliphatic heterocycles. The average molecular weight is 258 g/mol. The first-order valence-corrected chi connectivity index (χ1v) is 5.38. The lowest BCUT2D eigenvalue weighted by Gasteiger charge is -2.09. The van der Waals surface area contributed by atoms with Gasteiger partial charge in [0.2, 0.25) is 5.78 Å². The maximum atomic E-state index is 12.7. The Bertz CT molecular complexity index is 537. The van der Waals surface area contributed by atoms with E-state index in [4.69, 9.17) is 0 Å². The molecule has 0 saturated carbocycles. The Hall–Kier alpha value is -1.76. The largest absolute Gasteiger partial charge is 0.417 e. The van der Waals surface area contributed by atoms with Crippen molar-refractivity contribution < 1.29 is 18.0 Å². The van der Waals surface area contributed by atoms with E-state index in [0.29, 0.717) is 0 Å². The van der Waals surface area contributed by atoms with Crippen LogP contribution in [0.2, 0.25) is 0 Å². The molecular formula is C10H5F3N2OS. The quantitative estimate of drug-likeness (QED) is 0.778. The molecule has 0 unspecified atom stereocenters. The van der Waals surface area contributed by atoms with Crippen LogP contribution in [0.1, 0.15) is 21.6 Å². The number of halogens is 3. The molecule has 2 aromatic heterocycles. The van der Waals surface area contributed by atoms with Crippen LogP contribution in [0.15, 0.2) is 29.4 Å². The number of ketones is 1. The Balaban J connectivity index is 2.50. The standard InChI is InChI=1S/C10H5F3N2OS/c11-10(12,13)7-1-2-14-3-6(7)9(16)8-4-17-5-15-8/h1-5H. The van der Waals surface area contributed by atoms with Gasteiger partial charge in [-0.05, 0) is 6.07 Å². The Morgan fingerprint density at radius 1 is 1.35 bits per heavy atom. The second kappa shape index (κ2) is 4.25. The Kier molecular flexibility index (Phi) is 2.93. The summed E-state index contributed by atoms with van der Waals surface area (Å²) in [5, 5.41) is 1.40. The molecule has 0 atom stereocenters. The number of alkyl halides is 3. The topological polar surface area (TPSA) is 42.9 Å². The van der Waals surface area contributed by atoms with E-state index in [1.54, 1.807) is 0 Å². The van der Waals surface area contributed by atoms with Gasteiger partial charge in [0.05, 0.1) is 16.6 Å². The van der Waals surface area contributed by atoms with E-state index in [9.17, 15) is 18.0 Å². The minimum Gasteiger partial charge on any atom is -0.287 e. The van der Waals surface area contributed by atoms with E-state index < -0.39 is 23.1 Å². The number of hydrogen-bond donors (Lipinski definition) is 0. The summed E-state index contributed by atoms with van der Waals surface area (Å²) in [6.45, 7) is 0. The third kappa shape index (κ3) is 2.33. The van der Waals surface area contributed by atoms with Crippen LogP contribution >= 0.6 is 11.3 Å². The molecule has 3 nitrogen and oxygen atoms in total. The van der Waals surface area contributed by atoms with Crippen LogP contribution in [-0.2, 0) is 6.18 Å². The lowest BCUT2D eigenvalue weighted by molar-refractivity contribution is -0.137. The molecule has 0 fully saturated rings. The first kappa shape index (κ1) is 11.7. The molecule has 88 valence electrons. The molecule has 0 aromatic carbocycles. The van der Waals surface area contributed by atoms with Crippen LogP contribution in [0.4, 0.5) is 13.2 Å². The van der Waals surface area contributed by atoms with Gasteiger partial charge in [0.25, 0.3) is 0 Å². The SMILES string of the molecule is O=C(c1cscn1)c1cnccc1C(F)(F)F. The first-order chi connectivity index (χ1) is 8.00. The van der Waals surface area contributed by atoms with Crippen molar-refractivity contribution in [3.8, 4) is 0 Å². The van der Waals surface area contributed by atoms with Gasteiger partial charge in [-0.3, -0.25) is 9.78 Å². The highest BCUT2D eigenvalue weighted by Crippen LogP contribution is 2.32. The summed E-state index contributed by atoms with van der Waals surface area (Å²) in [5.41, 5.74) is -0.0958. The fraction of sp³-hybridized carbons (Fsp3) is 0.100. The highest BCUT2D eigenvalue weighted by atomic mass is 32.1. The highest BCUT2D eigenvalue weighted by Gasteiger charge is 2.35. The van der Waals surface area contributed by atoms with E-state index in [2.05, 4.69) is 9.97 Å². The summed E-state index contributed by atoms with van der Waals surface area (Å²) < 4.78 is 38.0. The van der Waals surface area contributed by atoms with Gasteiger partial charge < -0.3 is 0 Å². The Morgan fingerprint density at radius 3 is 2.71 bits per heavy atom. The van der Waals surface area contributed by atoms with Gasteiger partial charge in [-0.1, -0.05) is 0 Å². The molecule has 0 aliphatic carbocycles. The first-order valence-electron chi connectivity index (χ1n) is 4.44. The summed E-state index contributed by atoms with van der Waals surface area (Å²) >= 11 is 1.14. The van der Waals surface area contributed by atoms with Crippen molar-refractivity contribution in [1.82, 2.24) is 9.97 Å². The van der Waals surface area contributed by atoms with Crippen molar-refractivity contribution >= 4 is 17.1 Å². The van der Waals surface area contributed by atoms with Crippen molar-refractivity contribution in [1.29, 1.82) is 0 Å². The summed E-state index contributed by atoms with van der Waals surface area (Å²) in [5.74, 6) is -0.772. The monoisotopic (exact) mass is 258 g/mol.